The Morgan fingerprint density at radius 2 is 1.91 bits per heavy atom. The highest BCUT2D eigenvalue weighted by atomic mass is 32.1. The Kier molecular flexibility index (Phi) is 2.37. The van der Waals surface area contributed by atoms with E-state index in [4.69, 9.17) is 17.0 Å². The van der Waals surface area contributed by atoms with E-state index < -0.39 is 0 Å². The minimum atomic E-state index is -0.146. The van der Waals surface area contributed by atoms with Gasteiger partial charge in [0.2, 0.25) is 0 Å². The molecular weight excluding hydrogens is 158 g/mol. The molecule has 1 heterocycles. The van der Waals surface area contributed by atoms with Crippen molar-refractivity contribution in [3.63, 3.8) is 0 Å². The highest BCUT2D eigenvalue weighted by molar-refractivity contribution is 7.80. The smallest absolute Gasteiger partial charge is 0.259 e. The predicted octanol–water partition coefficient (Wildman–Crippen LogP) is 1.79. The van der Waals surface area contributed by atoms with Gasteiger partial charge >= 0.3 is 0 Å². The Labute approximate surface area is 73.5 Å². The van der Waals surface area contributed by atoms with Crippen LogP contribution in [0.4, 0.5) is 0 Å². The van der Waals surface area contributed by atoms with E-state index in [0.29, 0.717) is 5.17 Å². The fourth-order valence-electron chi connectivity index (χ4n) is 0.825. The summed E-state index contributed by atoms with van der Waals surface area (Å²) in [5.74, 6) is 0. The summed E-state index contributed by atoms with van der Waals surface area (Å²) < 4.78 is 5.50. The molecule has 11 heavy (non-hydrogen) atoms. The lowest BCUT2D eigenvalue weighted by molar-refractivity contribution is 0.0821. The highest BCUT2D eigenvalue weighted by Crippen LogP contribution is 2.14. The second-order valence-corrected chi connectivity index (χ2v) is 4.17. The minimum absolute atomic E-state index is 0.146. The van der Waals surface area contributed by atoms with Gasteiger partial charge in [-0.1, -0.05) is 0 Å². The van der Waals surface area contributed by atoms with Crippen LogP contribution in [0.25, 0.3) is 0 Å². The molecule has 64 valence electrons. The van der Waals surface area contributed by atoms with Crippen molar-refractivity contribution in [2.24, 2.45) is 0 Å². The zero-order valence-corrected chi connectivity index (χ0v) is 8.20. The van der Waals surface area contributed by atoms with E-state index in [-0.39, 0.29) is 5.60 Å². The normalized spacial score (nSPS) is 17.5. The molecule has 1 rings (SSSR count). The van der Waals surface area contributed by atoms with E-state index in [0.717, 1.165) is 13.1 Å². The number of hydrogen-bond acceptors (Lipinski definition) is 2. The van der Waals surface area contributed by atoms with Crippen molar-refractivity contribution in [1.82, 2.24) is 4.90 Å². The molecule has 2 nitrogen and oxygen atoms in total. The fraction of sp³-hybridized carbons (Fsp3) is 0.875. The van der Waals surface area contributed by atoms with Gasteiger partial charge in [-0.3, -0.25) is 0 Å². The van der Waals surface area contributed by atoms with Gasteiger partial charge in [-0.15, -0.1) is 0 Å². The van der Waals surface area contributed by atoms with E-state index in [2.05, 4.69) is 4.90 Å². The Hall–Kier alpha value is -0.310. The molecule has 1 saturated heterocycles. The van der Waals surface area contributed by atoms with Crippen LogP contribution in [0.5, 0.6) is 0 Å². The Bertz CT molecular complexity index is 158. The average Bonchev–Trinajstić information content (AvgIpc) is 1.50. The molecule has 0 amide bonds. The number of ether oxygens (including phenoxy) is 1. The van der Waals surface area contributed by atoms with Crippen molar-refractivity contribution in [2.45, 2.75) is 32.8 Å². The quantitative estimate of drug-likeness (QED) is 0.518. The largest absolute Gasteiger partial charge is 0.465 e. The summed E-state index contributed by atoms with van der Waals surface area (Å²) in [4.78, 5) is 2.08. The van der Waals surface area contributed by atoms with Gasteiger partial charge in [-0.2, -0.15) is 0 Å². The Morgan fingerprint density at radius 1 is 1.36 bits per heavy atom. The lowest BCUT2D eigenvalue weighted by Gasteiger charge is -2.35. The third-order valence-electron chi connectivity index (χ3n) is 1.51. The van der Waals surface area contributed by atoms with Gasteiger partial charge < -0.3 is 9.64 Å². The van der Waals surface area contributed by atoms with Crippen LogP contribution in [0.1, 0.15) is 27.2 Å². The molecule has 0 N–H and O–H groups in total. The Balaban J connectivity index is 2.31. The van der Waals surface area contributed by atoms with Gasteiger partial charge in [0.15, 0.2) is 0 Å². The lowest BCUT2D eigenvalue weighted by atomic mass is 10.2. The number of nitrogens with zero attached hydrogens (tertiary/aromatic N) is 1. The van der Waals surface area contributed by atoms with E-state index in [1.807, 2.05) is 20.8 Å². The first kappa shape index (κ1) is 8.78. The molecule has 0 spiro atoms. The number of thiocarbonyl (C=S) groups is 1. The van der Waals surface area contributed by atoms with Crippen molar-refractivity contribution in [2.75, 3.05) is 13.1 Å². The molecule has 3 heteroatoms. The summed E-state index contributed by atoms with van der Waals surface area (Å²) in [5.41, 5.74) is -0.146. The standard InChI is InChI=1S/C8H15NOS/c1-8(2,3)10-7(11)9-5-4-6-9/h4-6H2,1-3H3. The molecule has 0 aromatic rings. The summed E-state index contributed by atoms with van der Waals surface area (Å²) in [7, 11) is 0. The van der Waals surface area contributed by atoms with Crippen LogP contribution in [-0.2, 0) is 4.74 Å². The highest BCUT2D eigenvalue weighted by Gasteiger charge is 2.22. The second-order valence-electron chi connectivity index (χ2n) is 3.82. The molecule has 0 unspecified atom stereocenters. The molecule has 0 radical (unpaired) electrons. The van der Waals surface area contributed by atoms with Gasteiger partial charge in [0.05, 0.1) is 0 Å². The van der Waals surface area contributed by atoms with E-state index >= 15 is 0 Å². The average molecular weight is 173 g/mol. The summed E-state index contributed by atoms with van der Waals surface area (Å²) in [6, 6.07) is 0. The maximum absolute atomic E-state index is 5.50. The number of likely N-dealkylation sites (tertiary alicyclic amines) is 1. The molecular formula is C8H15NOS. The first-order valence-electron chi connectivity index (χ1n) is 3.97. The van der Waals surface area contributed by atoms with Crippen LogP contribution in [0.2, 0.25) is 0 Å². The van der Waals surface area contributed by atoms with Crippen molar-refractivity contribution in [1.29, 1.82) is 0 Å². The number of rotatable bonds is 0. The zero-order chi connectivity index (χ0) is 8.48. The van der Waals surface area contributed by atoms with Crippen LogP contribution >= 0.6 is 12.2 Å². The van der Waals surface area contributed by atoms with Crippen LogP contribution in [-0.4, -0.2) is 28.8 Å². The van der Waals surface area contributed by atoms with Gasteiger partial charge in [-0.25, -0.2) is 0 Å². The molecule has 0 aliphatic carbocycles. The molecule has 0 atom stereocenters. The monoisotopic (exact) mass is 173 g/mol. The molecule has 0 saturated carbocycles. The molecule has 0 bridgehead atoms. The van der Waals surface area contributed by atoms with Crippen LogP contribution in [0.3, 0.4) is 0 Å². The van der Waals surface area contributed by atoms with E-state index in [1.165, 1.54) is 6.42 Å². The van der Waals surface area contributed by atoms with E-state index in [1.54, 1.807) is 0 Å². The first-order valence-corrected chi connectivity index (χ1v) is 4.38. The van der Waals surface area contributed by atoms with Crippen molar-refractivity contribution >= 4 is 17.4 Å². The van der Waals surface area contributed by atoms with E-state index in [9.17, 15) is 0 Å². The maximum atomic E-state index is 5.50. The minimum Gasteiger partial charge on any atom is -0.465 e. The summed E-state index contributed by atoms with van der Waals surface area (Å²) >= 11 is 5.08. The third-order valence-corrected chi connectivity index (χ3v) is 1.85. The van der Waals surface area contributed by atoms with Gasteiger partial charge in [0.25, 0.3) is 5.17 Å². The fourth-order valence-corrected chi connectivity index (χ4v) is 1.26. The van der Waals surface area contributed by atoms with Crippen molar-refractivity contribution in [3.05, 3.63) is 0 Å². The SMILES string of the molecule is CC(C)(C)OC(=S)N1CCC1. The summed E-state index contributed by atoms with van der Waals surface area (Å²) in [6.45, 7) is 8.17. The molecule has 1 aliphatic rings. The topological polar surface area (TPSA) is 12.5 Å². The van der Waals surface area contributed by atoms with Crippen molar-refractivity contribution < 1.29 is 4.74 Å². The first-order chi connectivity index (χ1) is 4.99. The van der Waals surface area contributed by atoms with Crippen LogP contribution < -0.4 is 0 Å². The predicted molar refractivity (Wildman–Crippen MR) is 49.6 cm³/mol. The van der Waals surface area contributed by atoms with Crippen LogP contribution in [0, 0.1) is 0 Å². The van der Waals surface area contributed by atoms with Gasteiger partial charge in [-0.05, 0) is 39.4 Å². The van der Waals surface area contributed by atoms with Gasteiger partial charge in [0.1, 0.15) is 5.60 Å². The molecule has 1 aliphatic heterocycles. The molecule has 1 fully saturated rings. The molecule has 0 aromatic heterocycles. The number of hydrogen-bond donors (Lipinski definition) is 0. The maximum Gasteiger partial charge on any atom is 0.259 e. The lowest BCUT2D eigenvalue weighted by Crippen LogP contribution is -2.44. The van der Waals surface area contributed by atoms with Gasteiger partial charge in [0, 0.05) is 13.1 Å². The second kappa shape index (κ2) is 2.97. The Morgan fingerprint density at radius 3 is 2.18 bits per heavy atom. The summed E-state index contributed by atoms with van der Waals surface area (Å²) in [6.07, 6.45) is 1.24. The summed E-state index contributed by atoms with van der Waals surface area (Å²) in [5, 5.41) is 0.656. The molecule has 0 aromatic carbocycles. The third kappa shape index (κ3) is 2.66. The van der Waals surface area contributed by atoms with Crippen LogP contribution in [0.15, 0.2) is 0 Å². The zero-order valence-electron chi connectivity index (χ0n) is 7.39. The van der Waals surface area contributed by atoms with Crippen molar-refractivity contribution in [3.8, 4) is 0 Å².